The smallest absolute Gasteiger partial charge is 0.339 e. The number of aromatic nitrogens is 1. The number of amides is 1. The van der Waals surface area contributed by atoms with E-state index in [2.05, 4.69) is 10.3 Å². The molecule has 2 N–H and O–H groups in total. The largest absolute Gasteiger partial charge is 0.478 e. The Hall–Kier alpha value is -2.88. The van der Waals surface area contributed by atoms with E-state index in [0.717, 1.165) is 33.4 Å². The fraction of sp³-hybridized carbons (Fsp3) is 0. The van der Waals surface area contributed by atoms with Gasteiger partial charge in [-0.3, -0.25) is 4.79 Å². The predicted octanol–water partition coefficient (Wildman–Crippen LogP) is 5.91. The zero-order valence-electron chi connectivity index (χ0n) is 14.2. The van der Waals surface area contributed by atoms with Crippen LogP contribution >= 0.6 is 34.3 Å². The molecule has 0 unspecified atom stereocenters. The molecule has 0 radical (unpaired) electrons. The molecule has 4 aromatic rings. The number of benzene rings is 2. The van der Waals surface area contributed by atoms with Crippen LogP contribution in [0.25, 0.3) is 20.7 Å². The molecule has 5 nitrogen and oxygen atoms in total. The van der Waals surface area contributed by atoms with Crippen LogP contribution in [-0.4, -0.2) is 22.0 Å². The van der Waals surface area contributed by atoms with Crippen LogP contribution in [0.5, 0.6) is 0 Å². The van der Waals surface area contributed by atoms with Crippen molar-refractivity contribution < 1.29 is 23.5 Å². The molecule has 146 valence electrons. The van der Waals surface area contributed by atoms with E-state index in [-0.39, 0.29) is 26.7 Å². The number of fused-ring (bicyclic) bond motifs is 1. The zero-order chi connectivity index (χ0) is 20.7. The van der Waals surface area contributed by atoms with Crippen molar-refractivity contribution in [2.24, 2.45) is 0 Å². The summed E-state index contributed by atoms with van der Waals surface area (Å²) in [7, 11) is 0. The number of nitrogens with one attached hydrogen (secondary N) is 1. The number of hydrogen-bond donors (Lipinski definition) is 2. The van der Waals surface area contributed by atoms with Crippen LogP contribution in [0.4, 0.5) is 14.5 Å². The van der Waals surface area contributed by atoms with Gasteiger partial charge in [0.1, 0.15) is 5.56 Å². The first-order valence-corrected chi connectivity index (χ1v) is 10.1. The van der Waals surface area contributed by atoms with Gasteiger partial charge in [-0.15, -0.1) is 22.7 Å². The van der Waals surface area contributed by atoms with E-state index in [4.69, 9.17) is 11.6 Å². The third-order valence-corrected chi connectivity index (χ3v) is 6.36. The number of carbonyl (C=O) groups excluding carboxylic acids is 1. The van der Waals surface area contributed by atoms with Gasteiger partial charge in [0.15, 0.2) is 16.6 Å². The van der Waals surface area contributed by atoms with Gasteiger partial charge in [-0.2, -0.15) is 0 Å². The maximum Gasteiger partial charge on any atom is 0.339 e. The van der Waals surface area contributed by atoms with Gasteiger partial charge in [0.2, 0.25) is 0 Å². The van der Waals surface area contributed by atoms with E-state index in [9.17, 15) is 23.5 Å². The molecule has 2 heterocycles. The Labute approximate surface area is 175 Å². The summed E-state index contributed by atoms with van der Waals surface area (Å²) in [6.45, 7) is 0. The summed E-state index contributed by atoms with van der Waals surface area (Å²) in [5.41, 5.74) is 0.0159. The first kappa shape index (κ1) is 19.4. The van der Waals surface area contributed by atoms with Crippen molar-refractivity contribution >= 4 is 62.1 Å². The van der Waals surface area contributed by atoms with Gasteiger partial charge in [-0.25, -0.2) is 18.6 Å². The molecule has 2 aromatic heterocycles. The lowest BCUT2D eigenvalue weighted by Crippen LogP contribution is -2.13. The quantitative estimate of drug-likeness (QED) is 0.379. The van der Waals surface area contributed by atoms with Gasteiger partial charge in [-0.05, 0) is 24.3 Å². The lowest BCUT2D eigenvalue weighted by molar-refractivity contribution is 0.0699. The van der Waals surface area contributed by atoms with Crippen molar-refractivity contribution in [2.45, 2.75) is 0 Å². The first-order valence-electron chi connectivity index (χ1n) is 8.02. The van der Waals surface area contributed by atoms with E-state index in [1.165, 1.54) is 11.4 Å². The summed E-state index contributed by atoms with van der Waals surface area (Å²) in [4.78, 5) is 28.6. The summed E-state index contributed by atoms with van der Waals surface area (Å²) in [5.74, 6) is -4.52. The number of aromatic carboxylic acids is 1. The maximum absolute atomic E-state index is 14.3. The number of rotatable bonds is 4. The second-order valence-electron chi connectivity index (χ2n) is 5.82. The van der Waals surface area contributed by atoms with Gasteiger partial charge in [0, 0.05) is 10.9 Å². The average Bonchev–Trinajstić information content (AvgIpc) is 3.30. The van der Waals surface area contributed by atoms with Crippen LogP contribution in [0.2, 0.25) is 5.02 Å². The maximum atomic E-state index is 14.3. The van der Waals surface area contributed by atoms with Crippen LogP contribution in [0.3, 0.4) is 0 Å². The van der Waals surface area contributed by atoms with E-state index in [1.54, 1.807) is 12.1 Å². The van der Waals surface area contributed by atoms with Crippen LogP contribution in [0.1, 0.15) is 20.2 Å². The van der Waals surface area contributed by atoms with Gasteiger partial charge < -0.3 is 10.4 Å². The van der Waals surface area contributed by atoms with Crippen LogP contribution in [0, 0.1) is 11.6 Å². The number of carboxylic acid groups (broad SMARTS) is 1. The highest BCUT2D eigenvalue weighted by Gasteiger charge is 2.25. The van der Waals surface area contributed by atoms with E-state index in [1.807, 2.05) is 12.1 Å². The highest BCUT2D eigenvalue weighted by molar-refractivity contribution is 7.20. The van der Waals surface area contributed by atoms with Crippen molar-refractivity contribution in [3.05, 3.63) is 69.0 Å². The highest BCUT2D eigenvalue weighted by atomic mass is 35.5. The normalized spacial score (nSPS) is 11.0. The fourth-order valence-corrected chi connectivity index (χ4v) is 4.73. The predicted molar refractivity (Wildman–Crippen MR) is 109 cm³/mol. The molecule has 0 fully saturated rings. The van der Waals surface area contributed by atoms with Crippen LogP contribution < -0.4 is 5.32 Å². The summed E-state index contributed by atoms with van der Waals surface area (Å²) < 4.78 is 28.9. The molecule has 0 aliphatic rings. The molecule has 10 heteroatoms. The molecule has 0 saturated heterocycles. The molecule has 0 bridgehead atoms. The Morgan fingerprint density at radius 2 is 1.86 bits per heavy atom. The summed E-state index contributed by atoms with van der Waals surface area (Å²) in [5, 5.41) is 13.2. The van der Waals surface area contributed by atoms with Crippen molar-refractivity contribution in [1.29, 1.82) is 0 Å². The number of thiophene rings is 1. The number of nitrogens with zero attached hydrogens (tertiary/aromatic N) is 1. The Morgan fingerprint density at radius 3 is 2.59 bits per heavy atom. The number of carboxylic acids is 1. The van der Waals surface area contributed by atoms with Gasteiger partial charge in [-0.1, -0.05) is 23.7 Å². The first-order chi connectivity index (χ1) is 13.9. The number of halogens is 3. The third kappa shape index (κ3) is 3.48. The third-order valence-electron chi connectivity index (χ3n) is 4.02. The minimum absolute atomic E-state index is 0.0310. The summed E-state index contributed by atoms with van der Waals surface area (Å²) >= 11 is 7.58. The molecular formula is C19H9ClF2N2O3S2. The molecule has 0 atom stereocenters. The summed E-state index contributed by atoms with van der Waals surface area (Å²) in [6.07, 6.45) is 0. The fourth-order valence-electron chi connectivity index (χ4n) is 2.71. The second kappa shape index (κ2) is 7.51. The monoisotopic (exact) mass is 450 g/mol. The number of hydrogen-bond acceptors (Lipinski definition) is 5. The SMILES string of the molecule is O=C(Nc1csc(-c2ccc(Cl)c(F)c2F)c1C(=O)O)c1nc2ccccc2s1. The minimum atomic E-state index is -1.39. The minimum Gasteiger partial charge on any atom is -0.478 e. The number of thiazole rings is 1. The van der Waals surface area contributed by atoms with E-state index in [0.29, 0.717) is 5.52 Å². The van der Waals surface area contributed by atoms with Crippen molar-refractivity contribution in [3.63, 3.8) is 0 Å². The van der Waals surface area contributed by atoms with Crippen molar-refractivity contribution in [1.82, 2.24) is 4.98 Å². The lowest BCUT2D eigenvalue weighted by atomic mass is 10.1. The topological polar surface area (TPSA) is 79.3 Å². The number of carbonyl (C=O) groups is 2. The molecule has 0 aliphatic heterocycles. The Morgan fingerprint density at radius 1 is 1.10 bits per heavy atom. The van der Waals surface area contributed by atoms with Gasteiger partial charge >= 0.3 is 5.97 Å². The Balaban J connectivity index is 1.73. The van der Waals surface area contributed by atoms with Gasteiger partial charge in [0.25, 0.3) is 5.91 Å². The molecule has 0 saturated carbocycles. The Bertz CT molecular complexity index is 1250. The van der Waals surface area contributed by atoms with Gasteiger partial charge in [0.05, 0.1) is 25.8 Å². The van der Waals surface area contributed by atoms with Crippen molar-refractivity contribution in [2.75, 3.05) is 5.32 Å². The standard InChI is InChI=1S/C19H9ClF2N2O3S2/c20-9-6-5-8(14(21)15(9)22)16-13(19(26)27)11(7-28-16)23-17(25)18-24-10-3-1-2-4-12(10)29-18/h1-7H,(H,23,25)(H,26,27). The molecule has 4 rings (SSSR count). The molecule has 29 heavy (non-hydrogen) atoms. The molecule has 0 spiro atoms. The second-order valence-corrected chi connectivity index (χ2v) is 8.14. The van der Waals surface area contributed by atoms with Crippen LogP contribution in [-0.2, 0) is 0 Å². The van der Waals surface area contributed by atoms with E-state index < -0.39 is 28.5 Å². The Kier molecular flexibility index (Phi) is 5.03. The highest BCUT2D eigenvalue weighted by Crippen LogP contribution is 2.39. The summed E-state index contributed by atoms with van der Waals surface area (Å²) in [6, 6.07) is 9.50. The van der Waals surface area contributed by atoms with Crippen molar-refractivity contribution in [3.8, 4) is 10.4 Å². The molecule has 0 aliphatic carbocycles. The number of para-hydroxylation sites is 1. The molecule has 2 aromatic carbocycles. The molecule has 1 amide bonds. The number of anilines is 1. The molecular weight excluding hydrogens is 442 g/mol. The lowest BCUT2D eigenvalue weighted by Gasteiger charge is -2.07. The average molecular weight is 451 g/mol. The van der Waals surface area contributed by atoms with E-state index >= 15 is 0 Å². The zero-order valence-corrected chi connectivity index (χ0v) is 16.6. The van der Waals surface area contributed by atoms with Crippen LogP contribution in [0.15, 0.2) is 41.8 Å².